The summed E-state index contributed by atoms with van der Waals surface area (Å²) >= 11 is 0. The minimum absolute atomic E-state index is 0.338. The van der Waals surface area contributed by atoms with Crippen molar-refractivity contribution in [2.45, 2.75) is 18.7 Å². The number of hydrogen-bond acceptors (Lipinski definition) is 4. The molecule has 0 aliphatic carbocycles. The molecule has 0 bridgehead atoms. The lowest BCUT2D eigenvalue weighted by atomic mass is 10.0. The van der Waals surface area contributed by atoms with Gasteiger partial charge in [-0.25, -0.2) is 8.42 Å². The molecule has 1 aliphatic heterocycles. The molecule has 1 N–H and O–H groups in total. The Bertz CT molecular complexity index is 547. The molecule has 1 fully saturated rings. The molecule has 5 nitrogen and oxygen atoms in total. The van der Waals surface area contributed by atoms with Crippen molar-refractivity contribution in [3.63, 3.8) is 0 Å². The Labute approximate surface area is 127 Å². The average Bonchev–Trinajstić information content (AvgIpc) is 2.80. The van der Waals surface area contributed by atoms with E-state index in [1.807, 2.05) is 7.05 Å². The SMILES string of the molecule is CNCCOc1ccc(S(=O)(=O)N2CC(C)C(C)C2)cc1. The van der Waals surface area contributed by atoms with E-state index in [2.05, 4.69) is 19.2 Å². The maximum Gasteiger partial charge on any atom is 0.243 e. The molecule has 2 unspecified atom stereocenters. The number of hydrogen-bond donors (Lipinski definition) is 1. The summed E-state index contributed by atoms with van der Waals surface area (Å²) in [5.41, 5.74) is 0. The van der Waals surface area contributed by atoms with Crippen LogP contribution in [0.3, 0.4) is 0 Å². The summed E-state index contributed by atoms with van der Waals surface area (Å²) in [7, 11) is -1.52. The fraction of sp³-hybridized carbons (Fsp3) is 0.600. The van der Waals surface area contributed by atoms with Gasteiger partial charge in [0, 0.05) is 19.6 Å². The lowest BCUT2D eigenvalue weighted by Gasteiger charge is -2.16. The van der Waals surface area contributed by atoms with Crippen molar-refractivity contribution < 1.29 is 13.2 Å². The van der Waals surface area contributed by atoms with E-state index in [1.54, 1.807) is 28.6 Å². The maximum atomic E-state index is 12.6. The van der Waals surface area contributed by atoms with Crippen molar-refractivity contribution in [3.8, 4) is 5.75 Å². The summed E-state index contributed by atoms with van der Waals surface area (Å²) in [4.78, 5) is 0.338. The van der Waals surface area contributed by atoms with Crippen molar-refractivity contribution >= 4 is 10.0 Å². The molecule has 21 heavy (non-hydrogen) atoms. The second-order valence-corrected chi connectivity index (χ2v) is 7.64. The summed E-state index contributed by atoms with van der Waals surface area (Å²) in [5, 5.41) is 2.99. The number of likely N-dealkylation sites (N-methyl/N-ethyl adjacent to an activating group) is 1. The molecule has 118 valence electrons. The van der Waals surface area contributed by atoms with E-state index in [9.17, 15) is 8.42 Å². The Morgan fingerprint density at radius 1 is 1.19 bits per heavy atom. The van der Waals surface area contributed by atoms with Gasteiger partial charge in [0.05, 0.1) is 4.90 Å². The van der Waals surface area contributed by atoms with Crippen LogP contribution in [-0.2, 0) is 10.0 Å². The number of benzene rings is 1. The highest BCUT2D eigenvalue weighted by Gasteiger charge is 2.34. The van der Waals surface area contributed by atoms with E-state index >= 15 is 0 Å². The van der Waals surface area contributed by atoms with Crippen LogP contribution in [0.15, 0.2) is 29.2 Å². The van der Waals surface area contributed by atoms with E-state index in [0.717, 1.165) is 6.54 Å². The van der Waals surface area contributed by atoms with Crippen LogP contribution in [0.5, 0.6) is 5.75 Å². The third-order valence-corrected chi connectivity index (χ3v) is 5.88. The molecule has 1 aliphatic rings. The highest BCUT2D eigenvalue weighted by Crippen LogP contribution is 2.28. The van der Waals surface area contributed by atoms with Crippen LogP contribution in [0.25, 0.3) is 0 Å². The van der Waals surface area contributed by atoms with E-state index in [4.69, 9.17) is 4.74 Å². The first kappa shape index (κ1) is 16.3. The zero-order valence-electron chi connectivity index (χ0n) is 12.9. The lowest BCUT2D eigenvalue weighted by molar-refractivity contribution is 0.318. The van der Waals surface area contributed by atoms with Gasteiger partial charge in [0.1, 0.15) is 12.4 Å². The topological polar surface area (TPSA) is 58.6 Å². The van der Waals surface area contributed by atoms with Gasteiger partial charge >= 0.3 is 0 Å². The quantitative estimate of drug-likeness (QED) is 0.810. The third kappa shape index (κ3) is 3.75. The standard InChI is InChI=1S/C15H24N2O3S/c1-12-10-17(11-13(12)2)21(18,19)15-6-4-14(5-7-15)20-9-8-16-3/h4-7,12-13,16H,8-11H2,1-3H3. The van der Waals surface area contributed by atoms with Crippen LogP contribution in [0.2, 0.25) is 0 Å². The van der Waals surface area contributed by atoms with Gasteiger partial charge in [0.15, 0.2) is 0 Å². The number of nitrogens with one attached hydrogen (secondary N) is 1. The van der Waals surface area contributed by atoms with E-state index < -0.39 is 10.0 Å². The Hall–Kier alpha value is -1.11. The van der Waals surface area contributed by atoms with Crippen molar-refractivity contribution in [2.24, 2.45) is 11.8 Å². The fourth-order valence-corrected chi connectivity index (χ4v) is 4.04. The Morgan fingerprint density at radius 3 is 2.29 bits per heavy atom. The van der Waals surface area contributed by atoms with Gasteiger partial charge in [0.2, 0.25) is 10.0 Å². The number of rotatable bonds is 6. The number of nitrogens with zero attached hydrogens (tertiary/aromatic N) is 1. The molecule has 2 rings (SSSR count). The van der Waals surface area contributed by atoms with Crippen LogP contribution in [0.4, 0.5) is 0 Å². The summed E-state index contributed by atoms with van der Waals surface area (Å²) in [5.74, 6) is 1.50. The summed E-state index contributed by atoms with van der Waals surface area (Å²) < 4.78 is 32.2. The zero-order chi connectivity index (χ0) is 15.5. The molecule has 0 spiro atoms. The molecule has 6 heteroatoms. The predicted molar refractivity (Wildman–Crippen MR) is 83.0 cm³/mol. The second kappa shape index (κ2) is 6.77. The molecule has 1 heterocycles. The normalized spacial score (nSPS) is 23.4. The predicted octanol–water partition coefficient (Wildman–Crippen LogP) is 1.56. The van der Waals surface area contributed by atoms with Crippen molar-refractivity contribution in [1.29, 1.82) is 0 Å². The molecule has 2 atom stereocenters. The highest BCUT2D eigenvalue weighted by molar-refractivity contribution is 7.89. The molecule has 1 aromatic carbocycles. The van der Waals surface area contributed by atoms with E-state index in [-0.39, 0.29) is 0 Å². The lowest BCUT2D eigenvalue weighted by Crippen LogP contribution is -2.29. The van der Waals surface area contributed by atoms with Gasteiger partial charge in [-0.1, -0.05) is 13.8 Å². The first-order valence-electron chi connectivity index (χ1n) is 7.32. The van der Waals surface area contributed by atoms with Crippen molar-refractivity contribution in [1.82, 2.24) is 9.62 Å². The van der Waals surface area contributed by atoms with Crippen molar-refractivity contribution in [2.75, 3.05) is 33.3 Å². The average molecular weight is 312 g/mol. The third-order valence-electron chi connectivity index (χ3n) is 4.04. The summed E-state index contributed by atoms with van der Waals surface area (Å²) in [6, 6.07) is 6.67. The van der Waals surface area contributed by atoms with E-state index in [0.29, 0.717) is 42.2 Å². The number of ether oxygens (including phenoxy) is 1. The first-order valence-corrected chi connectivity index (χ1v) is 8.76. The minimum atomic E-state index is -3.38. The molecule has 0 radical (unpaired) electrons. The monoisotopic (exact) mass is 312 g/mol. The summed E-state index contributed by atoms with van der Waals surface area (Å²) in [6.45, 7) is 6.71. The molecular weight excluding hydrogens is 288 g/mol. The Balaban J connectivity index is 2.07. The molecular formula is C15H24N2O3S. The fourth-order valence-electron chi connectivity index (χ4n) is 2.40. The molecule has 0 saturated carbocycles. The van der Waals surface area contributed by atoms with Gasteiger partial charge in [-0.2, -0.15) is 4.31 Å². The zero-order valence-corrected chi connectivity index (χ0v) is 13.7. The van der Waals surface area contributed by atoms with Gasteiger partial charge in [0.25, 0.3) is 0 Å². The molecule has 0 aromatic heterocycles. The van der Waals surface area contributed by atoms with Gasteiger partial charge in [-0.05, 0) is 43.1 Å². The van der Waals surface area contributed by atoms with Crippen LogP contribution >= 0.6 is 0 Å². The van der Waals surface area contributed by atoms with Crippen LogP contribution in [-0.4, -0.2) is 46.0 Å². The summed E-state index contributed by atoms with van der Waals surface area (Å²) in [6.07, 6.45) is 0. The minimum Gasteiger partial charge on any atom is -0.492 e. The second-order valence-electron chi connectivity index (χ2n) is 5.70. The first-order chi connectivity index (χ1) is 9.95. The van der Waals surface area contributed by atoms with Gasteiger partial charge in [-0.3, -0.25) is 0 Å². The smallest absolute Gasteiger partial charge is 0.243 e. The van der Waals surface area contributed by atoms with Gasteiger partial charge < -0.3 is 10.1 Å². The largest absolute Gasteiger partial charge is 0.492 e. The maximum absolute atomic E-state index is 12.6. The van der Waals surface area contributed by atoms with Crippen LogP contribution in [0, 0.1) is 11.8 Å². The number of sulfonamides is 1. The van der Waals surface area contributed by atoms with E-state index in [1.165, 1.54) is 0 Å². The molecule has 1 saturated heterocycles. The Kier molecular flexibility index (Phi) is 5.24. The van der Waals surface area contributed by atoms with Gasteiger partial charge in [-0.15, -0.1) is 0 Å². The van der Waals surface area contributed by atoms with Crippen LogP contribution in [0.1, 0.15) is 13.8 Å². The molecule has 0 amide bonds. The Morgan fingerprint density at radius 2 is 1.76 bits per heavy atom. The molecule has 1 aromatic rings. The van der Waals surface area contributed by atoms with Crippen molar-refractivity contribution in [3.05, 3.63) is 24.3 Å². The highest BCUT2D eigenvalue weighted by atomic mass is 32.2. The van der Waals surface area contributed by atoms with Crippen LogP contribution < -0.4 is 10.1 Å².